The molecule has 6 nitrogen and oxygen atoms in total. The van der Waals surface area contributed by atoms with Gasteiger partial charge in [0, 0.05) is 18.5 Å². The molecule has 1 aliphatic rings. The lowest BCUT2D eigenvalue weighted by atomic mass is 9.76. The average Bonchev–Trinajstić information content (AvgIpc) is 2.84. The minimum atomic E-state index is -0.754. The van der Waals surface area contributed by atoms with Crippen molar-refractivity contribution in [1.82, 2.24) is 9.88 Å². The highest BCUT2D eigenvalue weighted by molar-refractivity contribution is 7.13. The summed E-state index contributed by atoms with van der Waals surface area (Å²) in [5.74, 6) is -0.754. The van der Waals surface area contributed by atoms with E-state index in [0.29, 0.717) is 37.5 Å². The number of piperidine rings is 1. The number of thiazole rings is 1. The summed E-state index contributed by atoms with van der Waals surface area (Å²) in [5, 5.41) is 14.5. The predicted molar refractivity (Wildman–Crippen MR) is 77.0 cm³/mol. The number of carboxylic acids is 1. The topological polar surface area (TPSA) is 82.5 Å². The van der Waals surface area contributed by atoms with Gasteiger partial charge in [0.2, 0.25) is 0 Å². The van der Waals surface area contributed by atoms with Gasteiger partial charge >= 0.3 is 12.0 Å². The first kappa shape index (κ1) is 14.8. The van der Waals surface area contributed by atoms with Gasteiger partial charge in [-0.15, -0.1) is 11.3 Å². The number of carbonyl (C=O) groups excluding carboxylic acids is 1. The van der Waals surface area contributed by atoms with Crippen LogP contribution in [0.4, 0.5) is 9.93 Å². The van der Waals surface area contributed by atoms with Crippen molar-refractivity contribution in [1.29, 1.82) is 0 Å². The SMILES string of the molecule is CCC1(C(=O)O)CCN(C(=O)Nc2nc(C)cs2)CC1. The van der Waals surface area contributed by atoms with Gasteiger partial charge in [-0.25, -0.2) is 9.78 Å². The van der Waals surface area contributed by atoms with Crippen molar-refractivity contribution in [2.24, 2.45) is 5.41 Å². The fourth-order valence-corrected chi connectivity index (χ4v) is 3.12. The van der Waals surface area contributed by atoms with Crippen LogP contribution in [-0.2, 0) is 4.79 Å². The van der Waals surface area contributed by atoms with Gasteiger partial charge in [0.1, 0.15) is 0 Å². The Hall–Kier alpha value is -1.63. The molecule has 0 aromatic carbocycles. The second-order valence-corrected chi connectivity index (χ2v) is 6.01. The number of carboxylic acid groups (broad SMARTS) is 1. The van der Waals surface area contributed by atoms with E-state index < -0.39 is 11.4 Å². The smallest absolute Gasteiger partial charge is 0.323 e. The number of urea groups is 1. The monoisotopic (exact) mass is 297 g/mol. The van der Waals surface area contributed by atoms with E-state index in [1.54, 1.807) is 4.90 Å². The summed E-state index contributed by atoms with van der Waals surface area (Å²) in [6.07, 6.45) is 1.61. The van der Waals surface area contributed by atoms with Crippen LogP contribution in [0.15, 0.2) is 5.38 Å². The number of likely N-dealkylation sites (tertiary alicyclic amines) is 1. The summed E-state index contributed by atoms with van der Waals surface area (Å²) < 4.78 is 0. The Morgan fingerprint density at radius 1 is 1.50 bits per heavy atom. The van der Waals surface area contributed by atoms with Crippen LogP contribution in [0.1, 0.15) is 31.9 Å². The molecule has 0 unspecified atom stereocenters. The van der Waals surface area contributed by atoms with Gasteiger partial charge in [0.25, 0.3) is 0 Å². The lowest BCUT2D eigenvalue weighted by Gasteiger charge is -2.38. The molecular weight excluding hydrogens is 278 g/mol. The molecule has 2 amide bonds. The van der Waals surface area contributed by atoms with E-state index in [4.69, 9.17) is 0 Å². The molecule has 1 aromatic rings. The summed E-state index contributed by atoms with van der Waals surface area (Å²) in [7, 11) is 0. The zero-order valence-corrected chi connectivity index (χ0v) is 12.5. The van der Waals surface area contributed by atoms with Crippen molar-refractivity contribution in [3.8, 4) is 0 Å². The zero-order chi connectivity index (χ0) is 14.8. The van der Waals surface area contributed by atoms with Crippen LogP contribution >= 0.6 is 11.3 Å². The molecule has 0 saturated carbocycles. The molecule has 7 heteroatoms. The van der Waals surface area contributed by atoms with Gasteiger partial charge in [0.05, 0.1) is 11.1 Å². The number of carbonyl (C=O) groups is 2. The standard InChI is InChI=1S/C13H19N3O3S/c1-3-13(10(17)18)4-6-16(7-5-13)12(19)15-11-14-9(2)8-20-11/h8H,3-7H2,1-2H3,(H,17,18)(H,14,15,19). The molecule has 0 atom stereocenters. The largest absolute Gasteiger partial charge is 0.481 e. The Bertz CT molecular complexity index is 507. The number of nitrogens with zero attached hydrogens (tertiary/aromatic N) is 2. The van der Waals surface area contributed by atoms with E-state index in [2.05, 4.69) is 10.3 Å². The molecule has 0 radical (unpaired) electrons. The average molecular weight is 297 g/mol. The van der Waals surface area contributed by atoms with Crippen LogP contribution < -0.4 is 5.32 Å². The van der Waals surface area contributed by atoms with Crippen molar-refractivity contribution in [2.45, 2.75) is 33.1 Å². The third-order valence-electron chi connectivity index (χ3n) is 3.97. The molecule has 0 spiro atoms. The third kappa shape index (κ3) is 2.92. The maximum absolute atomic E-state index is 12.1. The second-order valence-electron chi connectivity index (χ2n) is 5.15. The zero-order valence-electron chi connectivity index (χ0n) is 11.7. The summed E-state index contributed by atoms with van der Waals surface area (Å²) in [6, 6.07) is -0.200. The van der Waals surface area contributed by atoms with Crippen LogP contribution in [0.25, 0.3) is 0 Å². The van der Waals surface area contributed by atoms with Gasteiger partial charge in [-0.05, 0) is 26.2 Å². The Morgan fingerprint density at radius 3 is 2.60 bits per heavy atom. The third-order valence-corrected chi connectivity index (χ3v) is 4.85. The maximum Gasteiger partial charge on any atom is 0.323 e. The van der Waals surface area contributed by atoms with Crippen molar-refractivity contribution in [3.05, 3.63) is 11.1 Å². The maximum atomic E-state index is 12.1. The number of anilines is 1. The lowest BCUT2D eigenvalue weighted by Crippen LogP contribution is -2.47. The number of hydrogen-bond acceptors (Lipinski definition) is 4. The van der Waals surface area contributed by atoms with E-state index in [1.807, 2.05) is 19.2 Å². The Kier molecular flexibility index (Phi) is 4.27. The number of aryl methyl sites for hydroxylation is 1. The first-order chi connectivity index (χ1) is 9.47. The lowest BCUT2D eigenvalue weighted by molar-refractivity contribution is -0.151. The molecule has 1 aromatic heterocycles. The van der Waals surface area contributed by atoms with Crippen LogP contribution in [0.2, 0.25) is 0 Å². The molecule has 2 rings (SSSR count). The van der Waals surface area contributed by atoms with E-state index >= 15 is 0 Å². The first-order valence-electron chi connectivity index (χ1n) is 6.68. The van der Waals surface area contributed by atoms with Crippen LogP contribution in [0, 0.1) is 12.3 Å². The number of hydrogen-bond donors (Lipinski definition) is 2. The first-order valence-corrected chi connectivity index (χ1v) is 7.56. The number of nitrogens with one attached hydrogen (secondary N) is 1. The number of aromatic nitrogens is 1. The molecule has 1 saturated heterocycles. The predicted octanol–water partition coefficient (Wildman–Crippen LogP) is 2.56. The van der Waals surface area contributed by atoms with Crippen molar-refractivity contribution < 1.29 is 14.7 Å². The van der Waals surface area contributed by atoms with E-state index in [1.165, 1.54) is 11.3 Å². The Balaban J connectivity index is 1.93. The number of amides is 2. The van der Waals surface area contributed by atoms with Gasteiger partial charge in [-0.2, -0.15) is 0 Å². The van der Waals surface area contributed by atoms with E-state index in [9.17, 15) is 14.7 Å². The molecule has 0 bridgehead atoms. The quantitative estimate of drug-likeness (QED) is 0.898. The van der Waals surface area contributed by atoms with Crippen molar-refractivity contribution in [3.63, 3.8) is 0 Å². The van der Waals surface area contributed by atoms with Crippen LogP contribution in [0.5, 0.6) is 0 Å². The number of aliphatic carboxylic acids is 1. The molecule has 20 heavy (non-hydrogen) atoms. The molecule has 110 valence electrons. The van der Waals surface area contributed by atoms with Gasteiger partial charge in [-0.1, -0.05) is 6.92 Å². The molecule has 0 aliphatic carbocycles. The minimum absolute atomic E-state index is 0.200. The van der Waals surface area contributed by atoms with Crippen molar-refractivity contribution >= 4 is 28.5 Å². The van der Waals surface area contributed by atoms with Crippen LogP contribution in [0.3, 0.4) is 0 Å². The summed E-state index contributed by atoms with van der Waals surface area (Å²) >= 11 is 1.39. The van der Waals surface area contributed by atoms with E-state index in [0.717, 1.165) is 5.69 Å². The molecule has 2 N–H and O–H groups in total. The normalized spacial score (nSPS) is 17.8. The highest BCUT2D eigenvalue weighted by Gasteiger charge is 2.40. The fraction of sp³-hybridized carbons (Fsp3) is 0.615. The van der Waals surface area contributed by atoms with Crippen molar-refractivity contribution in [2.75, 3.05) is 18.4 Å². The molecule has 1 fully saturated rings. The summed E-state index contributed by atoms with van der Waals surface area (Å²) in [4.78, 5) is 29.3. The van der Waals surface area contributed by atoms with Gasteiger partial charge in [0.15, 0.2) is 5.13 Å². The van der Waals surface area contributed by atoms with Gasteiger partial charge in [-0.3, -0.25) is 10.1 Å². The second kappa shape index (κ2) is 5.78. The summed E-state index contributed by atoms with van der Waals surface area (Å²) in [5.41, 5.74) is 0.203. The Labute approximate surface area is 121 Å². The molecule has 2 heterocycles. The van der Waals surface area contributed by atoms with E-state index in [-0.39, 0.29) is 6.03 Å². The minimum Gasteiger partial charge on any atom is -0.481 e. The summed E-state index contributed by atoms with van der Waals surface area (Å²) in [6.45, 7) is 4.70. The highest BCUT2D eigenvalue weighted by atomic mass is 32.1. The fourth-order valence-electron chi connectivity index (χ4n) is 2.44. The molecule has 1 aliphatic heterocycles. The highest BCUT2D eigenvalue weighted by Crippen LogP contribution is 2.35. The molecular formula is C13H19N3O3S. The van der Waals surface area contributed by atoms with Gasteiger partial charge < -0.3 is 10.0 Å². The Morgan fingerprint density at radius 2 is 2.15 bits per heavy atom. The number of rotatable bonds is 3. The van der Waals surface area contributed by atoms with Crippen LogP contribution in [-0.4, -0.2) is 40.1 Å².